The number of carbonyl (C=O) groups excluding carboxylic acids is 1. The summed E-state index contributed by atoms with van der Waals surface area (Å²) in [6.07, 6.45) is 1.61. The quantitative estimate of drug-likeness (QED) is 0.331. The third-order valence-electron chi connectivity index (χ3n) is 7.25. The maximum Gasteiger partial charge on any atom is 0.151 e. The highest BCUT2D eigenvalue weighted by atomic mass is 32.2. The van der Waals surface area contributed by atoms with Gasteiger partial charge in [-0.3, -0.25) is 9.69 Å². The van der Waals surface area contributed by atoms with E-state index in [9.17, 15) is 13.2 Å². The van der Waals surface area contributed by atoms with Crippen molar-refractivity contribution in [3.63, 3.8) is 0 Å². The van der Waals surface area contributed by atoms with Gasteiger partial charge in [-0.25, -0.2) is 8.42 Å². The second-order valence-corrected chi connectivity index (χ2v) is 13.8. The minimum atomic E-state index is -3.29. The Morgan fingerprint density at radius 1 is 0.950 bits per heavy atom. The molecule has 0 saturated carbocycles. The molecule has 8 heteroatoms. The number of rotatable bonds is 11. The molecule has 0 spiro atoms. The Hall–Kier alpha value is -2.94. The lowest BCUT2D eigenvalue weighted by molar-refractivity contribution is -0.117. The molecule has 3 aromatic rings. The normalized spacial score (nSPS) is 14.8. The average Bonchev–Trinajstić information content (AvgIpc) is 2.89. The van der Waals surface area contributed by atoms with E-state index >= 15 is 0 Å². The summed E-state index contributed by atoms with van der Waals surface area (Å²) in [4.78, 5) is 15.8. The number of sulfone groups is 1. The van der Waals surface area contributed by atoms with Crippen LogP contribution in [0.4, 0.5) is 0 Å². The zero-order valence-electron chi connectivity index (χ0n) is 24.3. The molecule has 4 rings (SSSR count). The Kier molecular flexibility index (Phi) is 9.54. The number of hydrogen-bond donors (Lipinski definition) is 0. The van der Waals surface area contributed by atoms with Gasteiger partial charge in [0.15, 0.2) is 9.84 Å². The Labute approximate surface area is 238 Å². The Bertz CT molecular complexity index is 1450. The fourth-order valence-corrected chi connectivity index (χ4v) is 5.96. The summed E-state index contributed by atoms with van der Waals surface area (Å²) < 4.78 is 41.6. The highest BCUT2D eigenvalue weighted by molar-refractivity contribution is 7.89. The number of hydrogen-bond acceptors (Lipinski definition) is 7. The van der Waals surface area contributed by atoms with Gasteiger partial charge >= 0.3 is 0 Å². The zero-order valence-corrected chi connectivity index (χ0v) is 25.1. The van der Waals surface area contributed by atoms with E-state index < -0.39 is 9.84 Å². The van der Waals surface area contributed by atoms with Crippen molar-refractivity contribution >= 4 is 26.4 Å². The van der Waals surface area contributed by atoms with Gasteiger partial charge in [-0.05, 0) is 28.0 Å². The number of fused-ring (bicyclic) bond motifs is 1. The van der Waals surface area contributed by atoms with E-state index in [1.54, 1.807) is 0 Å². The molecule has 216 valence electrons. The van der Waals surface area contributed by atoms with Crippen molar-refractivity contribution in [3.05, 3.63) is 70.8 Å². The fourth-order valence-electron chi connectivity index (χ4n) is 5.18. The minimum absolute atomic E-state index is 0.0285. The number of morpholine rings is 1. The maximum absolute atomic E-state index is 13.5. The molecule has 0 atom stereocenters. The molecule has 1 fully saturated rings. The van der Waals surface area contributed by atoms with E-state index in [4.69, 9.17) is 14.2 Å². The van der Waals surface area contributed by atoms with Crippen molar-refractivity contribution < 1.29 is 27.4 Å². The molecule has 0 amide bonds. The largest absolute Gasteiger partial charge is 0.496 e. The predicted octanol–water partition coefficient (Wildman–Crippen LogP) is 4.76. The molecule has 3 aromatic carbocycles. The lowest BCUT2D eigenvalue weighted by Crippen LogP contribution is -2.38. The van der Waals surface area contributed by atoms with E-state index in [2.05, 4.69) is 25.7 Å². The lowest BCUT2D eigenvalue weighted by atomic mass is 9.84. The standard InChI is InChI=1S/C32H41NO6S/c1-32(2,3)26-18-24(31(37-4)25(19-26)22-40(5,35)36)21-27(34)20-23-10-11-30(29-9-7-6-8-28(23)29)39-17-14-33-12-15-38-16-13-33/h6-11,18-19H,12-17,20-22H2,1-5H3. The highest BCUT2D eigenvalue weighted by Crippen LogP contribution is 2.34. The molecule has 0 aromatic heterocycles. The van der Waals surface area contributed by atoms with Crippen LogP contribution in [0.3, 0.4) is 0 Å². The summed E-state index contributed by atoms with van der Waals surface area (Å²) in [6, 6.07) is 15.8. The number of methoxy groups -OCH3 is 1. The summed E-state index contributed by atoms with van der Waals surface area (Å²) in [6.45, 7) is 11.0. The van der Waals surface area contributed by atoms with Crippen LogP contribution < -0.4 is 9.47 Å². The van der Waals surface area contributed by atoms with Crippen LogP contribution >= 0.6 is 0 Å². The van der Waals surface area contributed by atoms with E-state index in [0.29, 0.717) is 23.5 Å². The monoisotopic (exact) mass is 567 g/mol. The number of nitrogens with zero attached hydrogens (tertiary/aromatic N) is 1. The molecule has 0 radical (unpaired) electrons. The molecule has 1 saturated heterocycles. The smallest absolute Gasteiger partial charge is 0.151 e. The van der Waals surface area contributed by atoms with Gasteiger partial charge in [-0.1, -0.05) is 63.2 Å². The first-order chi connectivity index (χ1) is 18.9. The van der Waals surface area contributed by atoms with E-state index in [-0.39, 0.29) is 29.8 Å². The summed E-state index contributed by atoms with van der Waals surface area (Å²) in [5.41, 5.74) is 2.99. The first kappa shape index (κ1) is 30.0. The summed E-state index contributed by atoms with van der Waals surface area (Å²) in [7, 11) is -1.77. The van der Waals surface area contributed by atoms with Gasteiger partial charge < -0.3 is 14.2 Å². The van der Waals surface area contributed by atoms with Crippen LogP contribution in [0.2, 0.25) is 0 Å². The van der Waals surface area contributed by atoms with E-state index in [1.807, 2.05) is 48.5 Å². The summed E-state index contributed by atoms with van der Waals surface area (Å²) in [5, 5.41) is 1.98. The minimum Gasteiger partial charge on any atom is -0.496 e. The third-order valence-corrected chi connectivity index (χ3v) is 8.08. The molecule has 40 heavy (non-hydrogen) atoms. The molecule has 0 N–H and O–H groups in total. The van der Waals surface area contributed by atoms with Gasteiger partial charge in [0.25, 0.3) is 0 Å². The average molecular weight is 568 g/mol. The number of ether oxygens (including phenoxy) is 3. The van der Waals surface area contributed by atoms with Crippen molar-refractivity contribution in [3.8, 4) is 11.5 Å². The van der Waals surface area contributed by atoms with Crippen molar-refractivity contribution in [2.24, 2.45) is 0 Å². The number of ketones is 1. The molecular weight excluding hydrogens is 526 g/mol. The molecule has 0 unspecified atom stereocenters. The van der Waals surface area contributed by atoms with Crippen LogP contribution in [0.15, 0.2) is 48.5 Å². The first-order valence-corrected chi connectivity index (χ1v) is 15.8. The molecular formula is C32H41NO6S. The van der Waals surface area contributed by atoms with Crippen LogP contribution in [0.25, 0.3) is 10.8 Å². The van der Waals surface area contributed by atoms with Gasteiger partial charge in [0, 0.05) is 55.2 Å². The van der Waals surface area contributed by atoms with Gasteiger partial charge in [0.2, 0.25) is 0 Å². The number of benzene rings is 3. The van der Waals surface area contributed by atoms with Crippen LogP contribution in [-0.2, 0) is 43.4 Å². The van der Waals surface area contributed by atoms with Crippen molar-refractivity contribution in [1.82, 2.24) is 4.90 Å². The highest BCUT2D eigenvalue weighted by Gasteiger charge is 2.23. The van der Waals surface area contributed by atoms with Crippen LogP contribution in [-0.4, -0.2) is 71.9 Å². The third kappa shape index (κ3) is 7.83. The van der Waals surface area contributed by atoms with Crippen LogP contribution in [0.5, 0.6) is 11.5 Å². The summed E-state index contributed by atoms with van der Waals surface area (Å²) in [5.74, 6) is 1.17. The molecule has 0 aliphatic carbocycles. The van der Waals surface area contributed by atoms with Crippen molar-refractivity contribution in [2.45, 2.75) is 44.8 Å². The SMILES string of the molecule is COc1c(CC(=O)Cc2ccc(OCCN3CCOCC3)c3ccccc23)cc(C(C)(C)C)cc1CS(C)(=O)=O. The summed E-state index contributed by atoms with van der Waals surface area (Å²) >= 11 is 0. The van der Waals surface area contributed by atoms with E-state index in [1.165, 1.54) is 13.4 Å². The van der Waals surface area contributed by atoms with Crippen LogP contribution in [0, 0.1) is 0 Å². The Morgan fingerprint density at radius 3 is 2.25 bits per heavy atom. The number of Topliss-reactive ketones (excluding diaryl/α,β-unsaturated/α-hetero) is 1. The molecule has 1 aliphatic heterocycles. The van der Waals surface area contributed by atoms with Crippen LogP contribution in [0.1, 0.15) is 43.0 Å². The van der Waals surface area contributed by atoms with Crippen molar-refractivity contribution in [1.29, 1.82) is 0 Å². The number of carbonyl (C=O) groups is 1. The van der Waals surface area contributed by atoms with Gasteiger partial charge in [0.05, 0.1) is 26.1 Å². The molecule has 0 bridgehead atoms. The van der Waals surface area contributed by atoms with Gasteiger partial charge in [0.1, 0.15) is 23.9 Å². The predicted molar refractivity (Wildman–Crippen MR) is 159 cm³/mol. The zero-order chi connectivity index (χ0) is 28.9. The molecule has 7 nitrogen and oxygen atoms in total. The fraction of sp³-hybridized carbons (Fsp3) is 0.469. The van der Waals surface area contributed by atoms with Gasteiger partial charge in [-0.2, -0.15) is 0 Å². The maximum atomic E-state index is 13.5. The second kappa shape index (κ2) is 12.7. The second-order valence-electron chi connectivity index (χ2n) is 11.6. The topological polar surface area (TPSA) is 82.1 Å². The Balaban J connectivity index is 1.55. The molecule has 1 aliphatic rings. The van der Waals surface area contributed by atoms with E-state index in [0.717, 1.165) is 60.5 Å². The molecule has 1 heterocycles. The Morgan fingerprint density at radius 2 is 1.60 bits per heavy atom. The van der Waals surface area contributed by atoms with Crippen molar-refractivity contribution in [2.75, 3.05) is 52.8 Å². The van der Waals surface area contributed by atoms with Gasteiger partial charge in [-0.15, -0.1) is 0 Å². The first-order valence-electron chi connectivity index (χ1n) is 13.8. The lowest BCUT2D eigenvalue weighted by Gasteiger charge is -2.26.